The van der Waals surface area contributed by atoms with Crippen LogP contribution in [0.1, 0.15) is 25.3 Å². The Balaban J connectivity index is 2.42. The minimum Gasteiger partial charge on any atom is -0.495 e. The number of ether oxygens (including phenoxy) is 1. The fourth-order valence-corrected chi connectivity index (χ4v) is 3.21. The first-order chi connectivity index (χ1) is 7.54. The maximum absolute atomic E-state index is 5.81. The van der Waals surface area contributed by atoms with Crippen molar-refractivity contribution in [3.05, 3.63) is 22.4 Å². The maximum Gasteiger partial charge on any atom is 0.141 e. The van der Waals surface area contributed by atoms with E-state index < -0.39 is 0 Å². The first-order valence-electron chi connectivity index (χ1n) is 5.41. The van der Waals surface area contributed by atoms with Gasteiger partial charge in [0, 0.05) is 16.2 Å². The molecule has 0 bridgehead atoms. The van der Waals surface area contributed by atoms with E-state index in [1.165, 1.54) is 5.56 Å². The molecule has 0 amide bonds. The Hall–Kier alpha value is -0.610. The normalized spacial score (nSPS) is 26.6. The SMILES string of the molecule is COc1cncc(Br)c1[C@@H]1[C@@H](CN)C1(C)C. The van der Waals surface area contributed by atoms with Gasteiger partial charge in [0.1, 0.15) is 5.75 Å². The van der Waals surface area contributed by atoms with Gasteiger partial charge in [-0.2, -0.15) is 0 Å². The van der Waals surface area contributed by atoms with Crippen molar-refractivity contribution in [1.29, 1.82) is 0 Å². The number of aromatic nitrogens is 1. The molecule has 0 aliphatic heterocycles. The number of pyridine rings is 1. The molecular formula is C12H17BrN2O. The summed E-state index contributed by atoms with van der Waals surface area (Å²) in [5, 5.41) is 0. The molecule has 1 aromatic rings. The molecule has 2 rings (SSSR count). The molecule has 1 aliphatic rings. The van der Waals surface area contributed by atoms with Crippen molar-refractivity contribution in [3.8, 4) is 5.75 Å². The fourth-order valence-electron chi connectivity index (χ4n) is 2.65. The Morgan fingerprint density at radius 3 is 2.69 bits per heavy atom. The predicted molar refractivity (Wildman–Crippen MR) is 67.6 cm³/mol. The summed E-state index contributed by atoms with van der Waals surface area (Å²) in [6.07, 6.45) is 3.59. The Kier molecular flexibility index (Phi) is 2.97. The van der Waals surface area contributed by atoms with E-state index in [2.05, 4.69) is 34.8 Å². The van der Waals surface area contributed by atoms with Crippen LogP contribution in [0.5, 0.6) is 5.75 Å². The average Bonchev–Trinajstić information content (AvgIpc) is 2.79. The third-order valence-electron chi connectivity index (χ3n) is 3.74. The van der Waals surface area contributed by atoms with E-state index in [0.717, 1.165) is 16.8 Å². The molecule has 88 valence electrons. The molecule has 1 saturated carbocycles. The van der Waals surface area contributed by atoms with Gasteiger partial charge in [-0.1, -0.05) is 13.8 Å². The molecule has 2 N–H and O–H groups in total. The number of methoxy groups -OCH3 is 1. The lowest BCUT2D eigenvalue weighted by Gasteiger charge is -2.11. The van der Waals surface area contributed by atoms with Gasteiger partial charge in [0.25, 0.3) is 0 Å². The van der Waals surface area contributed by atoms with Crippen LogP contribution in [0.25, 0.3) is 0 Å². The highest BCUT2D eigenvalue weighted by atomic mass is 79.9. The van der Waals surface area contributed by atoms with E-state index >= 15 is 0 Å². The van der Waals surface area contributed by atoms with Crippen LogP contribution in [-0.4, -0.2) is 18.6 Å². The third kappa shape index (κ3) is 1.64. The lowest BCUT2D eigenvalue weighted by molar-refractivity contribution is 0.405. The van der Waals surface area contributed by atoms with Crippen molar-refractivity contribution in [2.75, 3.05) is 13.7 Å². The highest BCUT2D eigenvalue weighted by molar-refractivity contribution is 9.10. The number of hydrogen-bond donors (Lipinski definition) is 1. The second kappa shape index (κ2) is 4.00. The van der Waals surface area contributed by atoms with Crippen molar-refractivity contribution in [3.63, 3.8) is 0 Å². The smallest absolute Gasteiger partial charge is 0.141 e. The van der Waals surface area contributed by atoms with Gasteiger partial charge in [-0.05, 0) is 39.7 Å². The van der Waals surface area contributed by atoms with Crippen LogP contribution in [0.2, 0.25) is 0 Å². The molecule has 4 heteroatoms. The van der Waals surface area contributed by atoms with Crippen molar-refractivity contribution in [2.45, 2.75) is 19.8 Å². The van der Waals surface area contributed by atoms with Crippen LogP contribution in [0.15, 0.2) is 16.9 Å². The Morgan fingerprint density at radius 2 is 2.19 bits per heavy atom. The minimum atomic E-state index is 0.256. The lowest BCUT2D eigenvalue weighted by Crippen LogP contribution is -2.05. The summed E-state index contributed by atoms with van der Waals surface area (Å²) >= 11 is 3.55. The first kappa shape index (κ1) is 11.9. The molecule has 3 nitrogen and oxygen atoms in total. The topological polar surface area (TPSA) is 48.1 Å². The van der Waals surface area contributed by atoms with Crippen LogP contribution in [0.3, 0.4) is 0 Å². The van der Waals surface area contributed by atoms with Gasteiger partial charge in [0.05, 0.1) is 13.3 Å². The minimum absolute atomic E-state index is 0.256. The van der Waals surface area contributed by atoms with Crippen LogP contribution in [0, 0.1) is 11.3 Å². The number of rotatable bonds is 3. The largest absolute Gasteiger partial charge is 0.495 e. The molecule has 0 saturated heterocycles. The van der Waals surface area contributed by atoms with E-state index in [0.29, 0.717) is 11.8 Å². The fraction of sp³-hybridized carbons (Fsp3) is 0.583. The summed E-state index contributed by atoms with van der Waals surface area (Å²) in [6.45, 7) is 5.22. The molecule has 1 aliphatic carbocycles. The molecule has 1 aromatic heterocycles. The molecule has 0 aromatic carbocycles. The highest BCUT2D eigenvalue weighted by Crippen LogP contribution is 2.66. The van der Waals surface area contributed by atoms with E-state index in [4.69, 9.17) is 10.5 Å². The molecule has 1 fully saturated rings. The monoisotopic (exact) mass is 284 g/mol. The van der Waals surface area contributed by atoms with Gasteiger partial charge in [-0.3, -0.25) is 4.98 Å². The Labute approximate surface area is 105 Å². The molecular weight excluding hydrogens is 268 g/mol. The van der Waals surface area contributed by atoms with Gasteiger partial charge in [0.2, 0.25) is 0 Å². The molecule has 2 atom stereocenters. The zero-order valence-corrected chi connectivity index (χ0v) is 11.4. The van der Waals surface area contributed by atoms with Crippen molar-refractivity contribution in [1.82, 2.24) is 4.98 Å². The first-order valence-corrected chi connectivity index (χ1v) is 6.20. The third-order valence-corrected chi connectivity index (χ3v) is 4.37. The number of nitrogens with two attached hydrogens (primary N) is 1. The summed E-state index contributed by atoms with van der Waals surface area (Å²) in [6, 6.07) is 0. The van der Waals surface area contributed by atoms with Crippen LogP contribution in [-0.2, 0) is 0 Å². The van der Waals surface area contributed by atoms with Crippen molar-refractivity contribution in [2.24, 2.45) is 17.1 Å². The molecule has 0 radical (unpaired) electrons. The van der Waals surface area contributed by atoms with Gasteiger partial charge < -0.3 is 10.5 Å². The summed E-state index contributed by atoms with van der Waals surface area (Å²) in [4.78, 5) is 4.12. The molecule has 0 unspecified atom stereocenters. The van der Waals surface area contributed by atoms with E-state index in [1.807, 2.05) is 6.20 Å². The number of nitrogens with zero attached hydrogens (tertiary/aromatic N) is 1. The zero-order valence-electron chi connectivity index (χ0n) is 9.83. The van der Waals surface area contributed by atoms with Gasteiger partial charge in [0.15, 0.2) is 0 Å². The average molecular weight is 285 g/mol. The Bertz CT molecular complexity index is 406. The van der Waals surface area contributed by atoms with Crippen LogP contribution >= 0.6 is 15.9 Å². The summed E-state index contributed by atoms with van der Waals surface area (Å²) in [5.74, 6) is 1.84. The standard InChI is InChI=1S/C12H17BrN2O/c1-12(2)7(4-14)11(12)10-8(13)5-15-6-9(10)16-3/h5-7,11H,4,14H2,1-3H3/t7-,11+/m1/s1. The van der Waals surface area contributed by atoms with E-state index in [1.54, 1.807) is 13.3 Å². The maximum atomic E-state index is 5.81. The number of hydrogen-bond acceptors (Lipinski definition) is 3. The second-order valence-electron chi connectivity index (χ2n) is 4.88. The summed E-state index contributed by atoms with van der Waals surface area (Å²) < 4.78 is 6.40. The number of halogens is 1. The summed E-state index contributed by atoms with van der Waals surface area (Å²) in [7, 11) is 1.68. The van der Waals surface area contributed by atoms with E-state index in [-0.39, 0.29) is 5.41 Å². The second-order valence-corrected chi connectivity index (χ2v) is 5.73. The molecule has 0 spiro atoms. The van der Waals surface area contributed by atoms with Crippen molar-refractivity contribution < 1.29 is 4.74 Å². The Morgan fingerprint density at radius 1 is 1.50 bits per heavy atom. The van der Waals surface area contributed by atoms with Gasteiger partial charge in [-0.15, -0.1) is 0 Å². The predicted octanol–water partition coefficient (Wildman–Crippen LogP) is 2.55. The van der Waals surface area contributed by atoms with Gasteiger partial charge >= 0.3 is 0 Å². The molecule has 16 heavy (non-hydrogen) atoms. The van der Waals surface area contributed by atoms with Crippen LogP contribution < -0.4 is 10.5 Å². The summed E-state index contributed by atoms with van der Waals surface area (Å²) in [5.41, 5.74) is 7.27. The lowest BCUT2D eigenvalue weighted by atomic mass is 10.0. The quantitative estimate of drug-likeness (QED) is 0.928. The zero-order chi connectivity index (χ0) is 11.9. The van der Waals surface area contributed by atoms with Crippen molar-refractivity contribution >= 4 is 15.9 Å². The van der Waals surface area contributed by atoms with Crippen LogP contribution in [0.4, 0.5) is 0 Å². The highest BCUT2D eigenvalue weighted by Gasteiger charge is 2.58. The molecule has 1 heterocycles. The van der Waals surface area contributed by atoms with Gasteiger partial charge in [-0.25, -0.2) is 0 Å². The van der Waals surface area contributed by atoms with E-state index in [9.17, 15) is 0 Å².